The van der Waals surface area contributed by atoms with Gasteiger partial charge in [-0.25, -0.2) is 0 Å². The number of rotatable bonds is 3. The number of hydrogen-bond donors (Lipinski definition) is 1. The summed E-state index contributed by atoms with van der Waals surface area (Å²) in [6.45, 7) is 3.03. The molecule has 1 N–H and O–H groups in total. The highest BCUT2D eigenvalue weighted by atomic mass is 19.4. The first-order chi connectivity index (χ1) is 10.6. The topological polar surface area (TPSA) is 12.0 Å². The second-order valence-corrected chi connectivity index (χ2v) is 5.49. The Kier molecular flexibility index (Phi) is 5.54. The summed E-state index contributed by atoms with van der Waals surface area (Å²) in [6.07, 6.45) is -17.0. The number of alkyl halides is 9. The van der Waals surface area contributed by atoms with Crippen LogP contribution < -0.4 is 5.32 Å². The Bertz CT molecular complexity index is 546. The Labute approximate surface area is 131 Å². The Morgan fingerprint density at radius 2 is 1.12 bits per heavy atom. The van der Waals surface area contributed by atoms with Crippen LogP contribution in [0.3, 0.4) is 0 Å². The van der Waals surface area contributed by atoms with Crippen LogP contribution >= 0.6 is 0 Å². The second-order valence-electron chi connectivity index (χ2n) is 5.49. The molecule has 1 unspecified atom stereocenters. The molecule has 0 saturated heterocycles. The summed E-state index contributed by atoms with van der Waals surface area (Å²) in [5.41, 5.74) is -7.92. The van der Waals surface area contributed by atoms with Gasteiger partial charge in [0.25, 0.3) is 0 Å². The first-order valence-corrected chi connectivity index (χ1v) is 6.67. The van der Waals surface area contributed by atoms with Crippen molar-refractivity contribution in [3.8, 4) is 0 Å². The molecule has 1 nitrogen and oxygen atoms in total. The summed E-state index contributed by atoms with van der Waals surface area (Å²) in [6, 6.07) is -0.729. The first kappa shape index (κ1) is 20.6. The predicted molar refractivity (Wildman–Crippen MR) is 68.1 cm³/mol. The third-order valence-electron chi connectivity index (χ3n) is 3.39. The van der Waals surface area contributed by atoms with Gasteiger partial charge in [0.15, 0.2) is 0 Å². The fourth-order valence-electron chi connectivity index (χ4n) is 2.48. The van der Waals surface area contributed by atoms with Crippen molar-refractivity contribution in [3.63, 3.8) is 0 Å². The minimum Gasteiger partial charge on any atom is -0.313 e. The maximum Gasteiger partial charge on any atom is 0.417 e. The molecule has 1 rings (SSSR count). The molecule has 0 saturated carbocycles. The van der Waals surface area contributed by atoms with Crippen LogP contribution in [0.25, 0.3) is 0 Å². The molecule has 0 bridgehead atoms. The number of halogens is 9. The fraction of sp³-hybridized carbons (Fsp3) is 0.571. The van der Waals surface area contributed by atoms with Crippen LogP contribution in [0.2, 0.25) is 0 Å². The normalized spacial score (nSPS) is 15.0. The Morgan fingerprint density at radius 1 is 0.750 bits per heavy atom. The molecule has 10 heteroatoms. The summed E-state index contributed by atoms with van der Waals surface area (Å²) in [5.74, 6) is -0.450. The van der Waals surface area contributed by atoms with Gasteiger partial charge in [0.1, 0.15) is 0 Å². The molecule has 0 aliphatic rings. The molecule has 0 aromatic heterocycles. The highest BCUT2D eigenvalue weighted by Gasteiger charge is 2.50. The molecule has 1 atom stereocenters. The van der Waals surface area contributed by atoms with Crippen molar-refractivity contribution in [2.45, 2.75) is 38.4 Å². The second kappa shape index (κ2) is 6.45. The maximum atomic E-state index is 13.0. The van der Waals surface area contributed by atoms with Gasteiger partial charge < -0.3 is 5.32 Å². The molecule has 1 aromatic rings. The van der Waals surface area contributed by atoms with Crippen molar-refractivity contribution in [3.05, 3.63) is 34.4 Å². The minimum absolute atomic E-state index is 0.124. The Balaban J connectivity index is 3.90. The highest BCUT2D eigenvalue weighted by Crippen LogP contribution is 2.48. The lowest BCUT2D eigenvalue weighted by Crippen LogP contribution is -2.27. The van der Waals surface area contributed by atoms with E-state index >= 15 is 0 Å². The van der Waals surface area contributed by atoms with Crippen LogP contribution in [0.4, 0.5) is 39.5 Å². The molecule has 138 valence electrons. The van der Waals surface area contributed by atoms with E-state index < -0.39 is 52.7 Å². The molecule has 0 heterocycles. The third-order valence-corrected chi connectivity index (χ3v) is 3.39. The van der Waals surface area contributed by atoms with Gasteiger partial charge in [-0.1, -0.05) is 13.8 Å². The van der Waals surface area contributed by atoms with E-state index in [0.717, 1.165) is 0 Å². The lowest BCUT2D eigenvalue weighted by atomic mass is 9.89. The van der Waals surface area contributed by atoms with Crippen molar-refractivity contribution in [2.24, 2.45) is 5.92 Å². The highest BCUT2D eigenvalue weighted by molar-refractivity contribution is 5.45. The van der Waals surface area contributed by atoms with Gasteiger partial charge in [-0.15, -0.1) is 0 Å². The average Bonchev–Trinajstić information content (AvgIpc) is 2.34. The average molecular weight is 367 g/mol. The van der Waals surface area contributed by atoms with Gasteiger partial charge in [0.2, 0.25) is 0 Å². The van der Waals surface area contributed by atoms with Crippen LogP contribution in [0, 0.1) is 5.92 Å². The van der Waals surface area contributed by atoms with E-state index in [4.69, 9.17) is 0 Å². The van der Waals surface area contributed by atoms with Crippen molar-refractivity contribution in [1.29, 1.82) is 0 Å². The Morgan fingerprint density at radius 3 is 1.33 bits per heavy atom. The van der Waals surface area contributed by atoms with Crippen LogP contribution in [-0.4, -0.2) is 7.05 Å². The number of nitrogens with one attached hydrogen (secondary N) is 1. The van der Waals surface area contributed by atoms with E-state index in [1.54, 1.807) is 0 Å². The van der Waals surface area contributed by atoms with Crippen molar-refractivity contribution < 1.29 is 39.5 Å². The first-order valence-electron chi connectivity index (χ1n) is 6.67. The van der Waals surface area contributed by atoms with Crippen LogP contribution in [0.15, 0.2) is 12.1 Å². The fourth-order valence-corrected chi connectivity index (χ4v) is 2.48. The molecule has 0 radical (unpaired) electrons. The van der Waals surface area contributed by atoms with Gasteiger partial charge in [0.05, 0.1) is 16.7 Å². The maximum absolute atomic E-state index is 13.0. The Hall–Kier alpha value is -1.45. The molecule has 0 amide bonds. The monoisotopic (exact) mass is 367 g/mol. The van der Waals surface area contributed by atoms with Gasteiger partial charge in [0, 0.05) is 6.04 Å². The minimum atomic E-state index is -5.80. The van der Waals surface area contributed by atoms with E-state index in [1.165, 1.54) is 20.9 Å². The van der Waals surface area contributed by atoms with E-state index in [1.807, 2.05) is 0 Å². The van der Waals surface area contributed by atoms with Gasteiger partial charge in [-0.3, -0.25) is 0 Å². The SMILES string of the molecule is CNC(c1cc(C(F)(F)F)c(C(F)(F)F)c(C(F)(F)F)c1)C(C)C. The summed E-state index contributed by atoms with van der Waals surface area (Å²) in [4.78, 5) is 0. The summed E-state index contributed by atoms with van der Waals surface area (Å²) >= 11 is 0. The predicted octanol–water partition coefficient (Wildman–Crippen LogP) is 5.66. The standard InChI is InChI=1S/C14H14F9N/c1-6(2)11(24-3)7-4-8(12(15,16)17)10(14(21,22)23)9(5-7)13(18,19)20/h4-6,11,24H,1-3H3. The zero-order valence-corrected chi connectivity index (χ0v) is 12.7. The largest absolute Gasteiger partial charge is 0.417 e. The summed E-state index contributed by atoms with van der Waals surface area (Å²) in [7, 11) is 1.29. The van der Waals surface area contributed by atoms with Crippen molar-refractivity contribution in [2.75, 3.05) is 7.05 Å². The van der Waals surface area contributed by atoms with E-state index in [9.17, 15) is 39.5 Å². The zero-order valence-electron chi connectivity index (χ0n) is 12.7. The molecule has 0 spiro atoms. The summed E-state index contributed by atoms with van der Waals surface area (Å²) in [5, 5.41) is 2.52. The zero-order chi connectivity index (χ0) is 19.1. The van der Waals surface area contributed by atoms with E-state index in [-0.39, 0.29) is 12.1 Å². The molecule has 0 aliphatic carbocycles. The van der Waals surface area contributed by atoms with Crippen molar-refractivity contribution in [1.82, 2.24) is 5.32 Å². The van der Waals surface area contributed by atoms with Crippen molar-refractivity contribution >= 4 is 0 Å². The van der Waals surface area contributed by atoms with Crippen LogP contribution in [-0.2, 0) is 18.5 Å². The molecule has 0 fully saturated rings. The number of hydrogen-bond acceptors (Lipinski definition) is 1. The van der Waals surface area contributed by atoms with Gasteiger partial charge in [-0.05, 0) is 30.7 Å². The third kappa shape index (κ3) is 4.34. The van der Waals surface area contributed by atoms with E-state index in [2.05, 4.69) is 5.32 Å². The molecule has 0 aliphatic heterocycles. The number of benzene rings is 1. The lowest BCUT2D eigenvalue weighted by molar-refractivity contribution is -0.174. The van der Waals surface area contributed by atoms with Crippen LogP contribution in [0.1, 0.15) is 42.1 Å². The van der Waals surface area contributed by atoms with Crippen LogP contribution in [0.5, 0.6) is 0 Å². The quantitative estimate of drug-likeness (QED) is 0.680. The van der Waals surface area contributed by atoms with E-state index in [0.29, 0.717) is 0 Å². The van der Waals surface area contributed by atoms with Gasteiger partial charge >= 0.3 is 18.5 Å². The summed E-state index contributed by atoms with van der Waals surface area (Å²) < 4.78 is 117. The lowest BCUT2D eigenvalue weighted by Gasteiger charge is -2.26. The molecular weight excluding hydrogens is 353 g/mol. The van der Waals surface area contributed by atoms with Gasteiger partial charge in [-0.2, -0.15) is 39.5 Å². The smallest absolute Gasteiger partial charge is 0.313 e. The molecule has 1 aromatic carbocycles. The molecule has 24 heavy (non-hydrogen) atoms. The molecular formula is C14H14F9N.